The van der Waals surface area contributed by atoms with Gasteiger partial charge in [-0.15, -0.1) is 5.10 Å². The number of hydrogen-bond acceptors (Lipinski definition) is 6. The van der Waals surface area contributed by atoms with Crippen LogP contribution in [0.5, 0.6) is 0 Å². The third-order valence-electron chi connectivity index (χ3n) is 4.40. The SMILES string of the molecule is CC(C)(CO)Cn1nnc2ccc(-c3cnc(CCC(F)(F)F)nc3)cc2c1=O. The Morgan fingerprint density at radius 1 is 1.10 bits per heavy atom. The van der Waals surface area contributed by atoms with Crippen molar-refractivity contribution in [2.75, 3.05) is 6.61 Å². The van der Waals surface area contributed by atoms with Crippen molar-refractivity contribution in [3.05, 3.63) is 46.8 Å². The van der Waals surface area contributed by atoms with Crippen LogP contribution in [0.1, 0.15) is 26.1 Å². The van der Waals surface area contributed by atoms with Crippen molar-refractivity contribution >= 4 is 10.9 Å². The summed E-state index contributed by atoms with van der Waals surface area (Å²) in [5.74, 6) is 0.103. The molecular weight excluding hydrogens is 387 g/mol. The first-order valence-corrected chi connectivity index (χ1v) is 8.94. The predicted molar refractivity (Wildman–Crippen MR) is 100 cm³/mol. The van der Waals surface area contributed by atoms with E-state index in [0.717, 1.165) is 0 Å². The normalized spacial score (nSPS) is 12.5. The van der Waals surface area contributed by atoms with Gasteiger partial charge in [-0.3, -0.25) is 4.79 Å². The zero-order valence-electron chi connectivity index (χ0n) is 15.9. The molecule has 29 heavy (non-hydrogen) atoms. The summed E-state index contributed by atoms with van der Waals surface area (Å²) in [6.07, 6.45) is -2.66. The molecule has 0 fully saturated rings. The molecule has 7 nitrogen and oxygen atoms in total. The van der Waals surface area contributed by atoms with E-state index >= 15 is 0 Å². The zero-order chi connectivity index (χ0) is 21.2. The van der Waals surface area contributed by atoms with Crippen LogP contribution in [0.25, 0.3) is 22.0 Å². The van der Waals surface area contributed by atoms with Gasteiger partial charge in [0.15, 0.2) is 0 Å². The number of hydrogen-bond donors (Lipinski definition) is 1. The van der Waals surface area contributed by atoms with Crippen LogP contribution in [-0.2, 0) is 13.0 Å². The summed E-state index contributed by atoms with van der Waals surface area (Å²) in [5, 5.41) is 17.7. The van der Waals surface area contributed by atoms with Crippen molar-refractivity contribution in [3.8, 4) is 11.1 Å². The van der Waals surface area contributed by atoms with Crippen molar-refractivity contribution in [1.82, 2.24) is 25.0 Å². The number of fused-ring (bicyclic) bond motifs is 1. The fourth-order valence-corrected chi connectivity index (χ4v) is 2.70. The van der Waals surface area contributed by atoms with Gasteiger partial charge in [0.05, 0.1) is 18.4 Å². The van der Waals surface area contributed by atoms with E-state index in [0.29, 0.717) is 22.0 Å². The second-order valence-electron chi connectivity index (χ2n) is 7.61. The summed E-state index contributed by atoms with van der Waals surface area (Å²) in [6, 6.07) is 4.98. The summed E-state index contributed by atoms with van der Waals surface area (Å²) >= 11 is 0. The molecule has 3 rings (SSSR count). The van der Waals surface area contributed by atoms with Gasteiger partial charge < -0.3 is 5.11 Å². The number of halogens is 3. The lowest BCUT2D eigenvalue weighted by atomic mass is 9.95. The average molecular weight is 407 g/mol. The highest BCUT2D eigenvalue weighted by Gasteiger charge is 2.27. The lowest BCUT2D eigenvalue weighted by Crippen LogP contribution is -2.33. The first-order valence-electron chi connectivity index (χ1n) is 8.94. The molecule has 2 aromatic heterocycles. The molecule has 0 aliphatic heterocycles. The van der Waals surface area contributed by atoms with Crippen LogP contribution in [0.4, 0.5) is 13.2 Å². The molecule has 0 atom stereocenters. The van der Waals surface area contributed by atoms with Crippen molar-refractivity contribution in [2.45, 2.75) is 39.4 Å². The Bertz CT molecular complexity index is 1060. The third-order valence-corrected chi connectivity index (χ3v) is 4.40. The van der Waals surface area contributed by atoms with E-state index in [1.54, 1.807) is 32.0 Å². The predicted octanol–water partition coefficient (Wildman–Crippen LogP) is 2.76. The van der Waals surface area contributed by atoms with E-state index in [4.69, 9.17) is 0 Å². The highest BCUT2D eigenvalue weighted by atomic mass is 19.4. The van der Waals surface area contributed by atoms with Gasteiger partial charge in [-0.25, -0.2) is 14.6 Å². The number of benzene rings is 1. The molecule has 0 amide bonds. The molecule has 3 aromatic rings. The molecule has 0 bridgehead atoms. The Morgan fingerprint density at radius 3 is 2.41 bits per heavy atom. The summed E-state index contributed by atoms with van der Waals surface area (Å²) < 4.78 is 38.2. The Hall–Kier alpha value is -2.88. The highest BCUT2D eigenvalue weighted by Crippen LogP contribution is 2.23. The first-order chi connectivity index (χ1) is 13.6. The van der Waals surface area contributed by atoms with Crippen molar-refractivity contribution in [3.63, 3.8) is 0 Å². The molecule has 1 aromatic carbocycles. The van der Waals surface area contributed by atoms with Gasteiger partial charge in [0.25, 0.3) is 5.56 Å². The molecule has 0 saturated heterocycles. The molecule has 0 saturated carbocycles. The molecule has 10 heteroatoms. The van der Waals surface area contributed by atoms with E-state index in [1.165, 1.54) is 17.1 Å². The summed E-state index contributed by atoms with van der Waals surface area (Å²) in [7, 11) is 0. The van der Waals surface area contributed by atoms with Gasteiger partial charge in [0.1, 0.15) is 11.3 Å². The summed E-state index contributed by atoms with van der Waals surface area (Å²) in [6.45, 7) is 3.70. The second kappa shape index (κ2) is 7.86. The fraction of sp³-hybridized carbons (Fsp3) is 0.421. The summed E-state index contributed by atoms with van der Waals surface area (Å²) in [4.78, 5) is 20.8. The van der Waals surface area contributed by atoms with E-state index in [-0.39, 0.29) is 31.0 Å². The number of nitrogens with zero attached hydrogens (tertiary/aromatic N) is 5. The molecule has 0 spiro atoms. The Kier molecular flexibility index (Phi) is 5.65. The van der Waals surface area contributed by atoms with Crippen LogP contribution < -0.4 is 5.56 Å². The Morgan fingerprint density at radius 2 is 1.79 bits per heavy atom. The van der Waals surface area contributed by atoms with Crippen LogP contribution in [0.2, 0.25) is 0 Å². The number of alkyl halides is 3. The van der Waals surface area contributed by atoms with Gasteiger partial charge in [-0.1, -0.05) is 25.1 Å². The van der Waals surface area contributed by atoms with Crippen LogP contribution in [0.15, 0.2) is 35.4 Å². The molecule has 0 aliphatic carbocycles. The van der Waals surface area contributed by atoms with Crippen molar-refractivity contribution < 1.29 is 18.3 Å². The number of aliphatic hydroxyl groups is 1. The van der Waals surface area contributed by atoms with Crippen LogP contribution in [-0.4, -0.2) is 42.9 Å². The van der Waals surface area contributed by atoms with Crippen LogP contribution in [0.3, 0.4) is 0 Å². The minimum Gasteiger partial charge on any atom is -0.396 e. The summed E-state index contributed by atoms with van der Waals surface area (Å²) in [5.41, 5.74) is 0.740. The number of rotatable bonds is 6. The van der Waals surface area contributed by atoms with E-state index in [9.17, 15) is 23.1 Å². The van der Waals surface area contributed by atoms with E-state index < -0.39 is 18.0 Å². The molecular formula is C19H20F3N5O2. The second-order valence-corrected chi connectivity index (χ2v) is 7.61. The van der Waals surface area contributed by atoms with Crippen molar-refractivity contribution in [1.29, 1.82) is 0 Å². The number of aryl methyl sites for hydroxylation is 1. The van der Waals surface area contributed by atoms with Gasteiger partial charge in [-0.2, -0.15) is 13.2 Å². The molecule has 0 unspecified atom stereocenters. The van der Waals surface area contributed by atoms with Gasteiger partial charge in [0, 0.05) is 36.4 Å². The third kappa shape index (κ3) is 5.14. The molecule has 154 valence electrons. The van der Waals surface area contributed by atoms with Crippen molar-refractivity contribution in [2.24, 2.45) is 5.41 Å². The lowest BCUT2D eigenvalue weighted by molar-refractivity contribution is -0.134. The smallest absolute Gasteiger partial charge is 0.389 e. The quantitative estimate of drug-likeness (QED) is 0.675. The largest absolute Gasteiger partial charge is 0.396 e. The van der Waals surface area contributed by atoms with Crippen LogP contribution in [0, 0.1) is 5.41 Å². The van der Waals surface area contributed by atoms with Gasteiger partial charge in [-0.05, 0) is 17.7 Å². The molecule has 0 aliphatic rings. The Labute approximate surface area is 164 Å². The number of aromatic nitrogens is 5. The average Bonchev–Trinajstić information content (AvgIpc) is 2.68. The topological polar surface area (TPSA) is 93.8 Å². The van der Waals surface area contributed by atoms with Crippen LogP contribution >= 0.6 is 0 Å². The zero-order valence-corrected chi connectivity index (χ0v) is 15.9. The maximum absolute atomic E-state index is 12.8. The molecule has 2 heterocycles. The first kappa shape index (κ1) is 20.8. The minimum atomic E-state index is -4.26. The van der Waals surface area contributed by atoms with Gasteiger partial charge in [0.2, 0.25) is 0 Å². The maximum Gasteiger partial charge on any atom is 0.389 e. The Balaban J connectivity index is 1.90. The standard InChI is InChI=1S/C19H20F3N5O2/c1-18(2,11-28)10-27-17(29)14-7-12(3-4-15(14)25-26-27)13-8-23-16(24-9-13)5-6-19(20,21)22/h3-4,7-9,28H,5-6,10-11H2,1-2H3. The molecule has 0 radical (unpaired) electrons. The monoisotopic (exact) mass is 407 g/mol. The number of aliphatic hydroxyl groups excluding tert-OH is 1. The lowest BCUT2D eigenvalue weighted by Gasteiger charge is -2.21. The van der Waals surface area contributed by atoms with E-state index in [1.807, 2.05) is 0 Å². The highest BCUT2D eigenvalue weighted by molar-refractivity contribution is 5.83. The van der Waals surface area contributed by atoms with Gasteiger partial charge >= 0.3 is 6.18 Å². The van der Waals surface area contributed by atoms with E-state index in [2.05, 4.69) is 20.3 Å². The molecule has 1 N–H and O–H groups in total. The fourth-order valence-electron chi connectivity index (χ4n) is 2.70. The minimum absolute atomic E-state index is 0.103. The maximum atomic E-state index is 12.8.